The van der Waals surface area contributed by atoms with E-state index in [2.05, 4.69) is 35.9 Å². The van der Waals surface area contributed by atoms with Crippen molar-refractivity contribution in [2.45, 2.75) is 51.6 Å². The van der Waals surface area contributed by atoms with Gasteiger partial charge in [-0.1, -0.05) is 12.1 Å². The summed E-state index contributed by atoms with van der Waals surface area (Å²) in [4.78, 5) is 16.5. The third-order valence-electron chi connectivity index (χ3n) is 6.62. The summed E-state index contributed by atoms with van der Waals surface area (Å²) in [5.74, 6) is 3.44. The number of fused-ring (bicyclic) bond motifs is 2. The molecule has 0 N–H and O–H groups in total. The van der Waals surface area contributed by atoms with Crippen LogP contribution in [0.25, 0.3) is 11.0 Å². The van der Waals surface area contributed by atoms with Crippen molar-refractivity contribution in [2.24, 2.45) is 13.0 Å². The molecule has 2 aliphatic rings. The summed E-state index contributed by atoms with van der Waals surface area (Å²) in [5, 5.41) is 0. The van der Waals surface area contributed by atoms with Crippen LogP contribution in [0.1, 0.15) is 49.6 Å². The highest BCUT2D eigenvalue weighted by molar-refractivity contribution is 5.78. The first kappa shape index (κ1) is 19.2. The number of hydrogen-bond donors (Lipinski definition) is 0. The Balaban J connectivity index is 1.31. The molecule has 0 unspecified atom stereocenters. The molecule has 3 aromatic rings. The second-order valence-corrected chi connectivity index (χ2v) is 8.66. The standard InChI is InChI=1S/C25H28N2O3/c1-16(28)18-5-7-20(8-6-18)30-21-9-10-23-22(15-21)26-25(27(23)2)14-17-3-4-19-11-12-29-24(19)13-17/h3-4,9-10,13,15,18,20H,5-8,11-12,14H2,1-2H3/t18-,20+. The van der Waals surface area contributed by atoms with Gasteiger partial charge in [-0.2, -0.15) is 0 Å². The number of Topliss-reactive ketones (excluding diaryl/α,β-unsaturated/α-hetero) is 1. The van der Waals surface area contributed by atoms with Crippen LogP contribution in [0.3, 0.4) is 0 Å². The van der Waals surface area contributed by atoms with Crippen LogP contribution in [0.2, 0.25) is 0 Å². The normalized spacial score (nSPS) is 20.7. The van der Waals surface area contributed by atoms with Crippen LogP contribution in [0.4, 0.5) is 0 Å². The molecule has 1 fully saturated rings. The number of hydrogen-bond acceptors (Lipinski definition) is 4. The maximum absolute atomic E-state index is 11.6. The molecule has 5 nitrogen and oxygen atoms in total. The topological polar surface area (TPSA) is 53.4 Å². The van der Waals surface area contributed by atoms with Crippen LogP contribution in [0.5, 0.6) is 11.5 Å². The Morgan fingerprint density at radius 3 is 2.80 bits per heavy atom. The van der Waals surface area contributed by atoms with E-state index in [1.165, 1.54) is 11.1 Å². The van der Waals surface area contributed by atoms with Crippen molar-refractivity contribution in [1.29, 1.82) is 0 Å². The lowest BCUT2D eigenvalue weighted by atomic mass is 9.85. The van der Waals surface area contributed by atoms with Crippen molar-refractivity contribution in [3.63, 3.8) is 0 Å². The number of carbonyl (C=O) groups excluding carboxylic acids is 1. The zero-order valence-electron chi connectivity index (χ0n) is 17.7. The molecule has 2 aromatic carbocycles. The molecule has 30 heavy (non-hydrogen) atoms. The number of aromatic nitrogens is 2. The monoisotopic (exact) mass is 404 g/mol. The summed E-state index contributed by atoms with van der Waals surface area (Å²) in [7, 11) is 2.07. The van der Waals surface area contributed by atoms with Gasteiger partial charge in [0, 0.05) is 31.9 Å². The van der Waals surface area contributed by atoms with Gasteiger partial charge >= 0.3 is 0 Å². The van der Waals surface area contributed by atoms with E-state index < -0.39 is 0 Å². The lowest BCUT2D eigenvalue weighted by Gasteiger charge is -2.27. The largest absolute Gasteiger partial charge is 0.493 e. The highest BCUT2D eigenvalue weighted by Crippen LogP contribution is 2.31. The van der Waals surface area contributed by atoms with Crippen LogP contribution < -0.4 is 9.47 Å². The van der Waals surface area contributed by atoms with Gasteiger partial charge in [0.2, 0.25) is 0 Å². The molecule has 5 heteroatoms. The molecule has 0 saturated heterocycles. The highest BCUT2D eigenvalue weighted by atomic mass is 16.5. The number of aryl methyl sites for hydroxylation is 1. The minimum atomic E-state index is 0.188. The molecule has 156 valence electrons. The fraction of sp³-hybridized carbons (Fsp3) is 0.440. The molecule has 5 rings (SSSR count). The molecule has 0 atom stereocenters. The third-order valence-corrected chi connectivity index (χ3v) is 6.62. The summed E-state index contributed by atoms with van der Waals surface area (Å²) >= 11 is 0. The Labute approximate surface area is 177 Å². The van der Waals surface area contributed by atoms with Gasteiger partial charge in [0.15, 0.2) is 0 Å². The Morgan fingerprint density at radius 1 is 1.17 bits per heavy atom. The number of ketones is 1. The first-order valence-electron chi connectivity index (χ1n) is 10.9. The minimum absolute atomic E-state index is 0.188. The van der Waals surface area contributed by atoms with Crippen LogP contribution in [-0.4, -0.2) is 28.0 Å². The lowest BCUT2D eigenvalue weighted by Crippen LogP contribution is -2.26. The van der Waals surface area contributed by atoms with Gasteiger partial charge < -0.3 is 14.0 Å². The Hall–Kier alpha value is -2.82. The number of rotatable bonds is 5. The fourth-order valence-corrected chi connectivity index (χ4v) is 4.74. The van der Waals surface area contributed by atoms with E-state index in [0.29, 0.717) is 5.78 Å². The van der Waals surface area contributed by atoms with E-state index in [1.54, 1.807) is 6.92 Å². The summed E-state index contributed by atoms with van der Waals surface area (Å²) in [6.45, 7) is 2.48. The van der Waals surface area contributed by atoms with Gasteiger partial charge in [0.25, 0.3) is 0 Å². The van der Waals surface area contributed by atoms with Gasteiger partial charge in [0.05, 0.1) is 23.7 Å². The second-order valence-electron chi connectivity index (χ2n) is 8.66. The molecule has 1 aromatic heterocycles. The molecule has 1 aliphatic carbocycles. The summed E-state index contributed by atoms with van der Waals surface area (Å²) < 4.78 is 14.1. The molecule has 1 saturated carbocycles. The van der Waals surface area contributed by atoms with E-state index in [9.17, 15) is 4.79 Å². The van der Waals surface area contributed by atoms with Gasteiger partial charge in [-0.15, -0.1) is 0 Å². The highest BCUT2D eigenvalue weighted by Gasteiger charge is 2.25. The van der Waals surface area contributed by atoms with Crippen LogP contribution in [-0.2, 0) is 24.7 Å². The SMILES string of the molecule is CC(=O)[C@H]1CC[C@@H](Oc2ccc3c(c2)nc(Cc2ccc4c(c2)OCC4)n3C)CC1. The maximum Gasteiger partial charge on any atom is 0.132 e. The van der Waals surface area contributed by atoms with Gasteiger partial charge in [-0.25, -0.2) is 4.98 Å². The van der Waals surface area contributed by atoms with Crippen molar-refractivity contribution in [2.75, 3.05) is 6.61 Å². The quantitative estimate of drug-likeness (QED) is 0.622. The summed E-state index contributed by atoms with van der Waals surface area (Å²) in [6, 6.07) is 12.7. The Kier molecular flexibility index (Phi) is 4.97. The zero-order valence-corrected chi connectivity index (χ0v) is 17.7. The number of imidazole rings is 1. The van der Waals surface area contributed by atoms with E-state index >= 15 is 0 Å². The lowest BCUT2D eigenvalue weighted by molar-refractivity contribution is -0.122. The maximum atomic E-state index is 11.6. The van der Waals surface area contributed by atoms with E-state index in [-0.39, 0.29) is 12.0 Å². The number of benzene rings is 2. The molecular weight excluding hydrogens is 376 g/mol. The van der Waals surface area contributed by atoms with Crippen molar-refractivity contribution >= 4 is 16.8 Å². The number of nitrogens with zero attached hydrogens (tertiary/aromatic N) is 2. The first-order valence-corrected chi connectivity index (χ1v) is 10.9. The van der Waals surface area contributed by atoms with E-state index in [4.69, 9.17) is 14.5 Å². The number of carbonyl (C=O) groups is 1. The van der Waals surface area contributed by atoms with Gasteiger partial charge in [-0.3, -0.25) is 4.79 Å². The first-order chi connectivity index (χ1) is 14.6. The summed E-state index contributed by atoms with van der Waals surface area (Å²) in [6.07, 6.45) is 5.70. The fourth-order valence-electron chi connectivity index (χ4n) is 4.74. The third kappa shape index (κ3) is 3.69. The van der Waals surface area contributed by atoms with E-state index in [1.807, 2.05) is 12.1 Å². The van der Waals surface area contributed by atoms with Crippen LogP contribution in [0.15, 0.2) is 36.4 Å². The predicted octanol–water partition coefficient (Wildman–Crippen LogP) is 4.63. The molecule has 0 spiro atoms. The molecular formula is C25H28N2O3. The van der Waals surface area contributed by atoms with Gasteiger partial charge in [0.1, 0.15) is 23.1 Å². The number of ether oxygens (including phenoxy) is 2. The molecule has 1 aliphatic heterocycles. The molecule has 0 radical (unpaired) electrons. The van der Waals surface area contributed by atoms with Crippen molar-refractivity contribution in [3.8, 4) is 11.5 Å². The molecule has 2 heterocycles. The smallest absolute Gasteiger partial charge is 0.132 e. The zero-order chi connectivity index (χ0) is 20.7. The average Bonchev–Trinajstić information content (AvgIpc) is 3.32. The van der Waals surface area contributed by atoms with Crippen LogP contribution >= 0.6 is 0 Å². The average molecular weight is 405 g/mol. The molecule has 0 amide bonds. The Bertz CT molecular complexity index is 1090. The van der Waals surface area contributed by atoms with Crippen molar-refractivity contribution < 1.29 is 14.3 Å². The predicted molar refractivity (Wildman–Crippen MR) is 116 cm³/mol. The second kappa shape index (κ2) is 7.78. The summed E-state index contributed by atoms with van der Waals surface area (Å²) in [5.41, 5.74) is 4.57. The van der Waals surface area contributed by atoms with Crippen molar-refractivity contribution in [1.82, 2.24) is 9.55 Å². The van der Waals surface area contributed by atoms with Crippen molar-refractivity contribution in [3.05, 3.63) is 53.3 Å². The minimum Gasteiger partial charge on any atom is -0.493 e. The molecule has 0 bridgehead atoms. The van der Waals surface area contributed by atoms with E-state index in [0.717, 1.165) is 73.5 Å². The van der Waals surface area contributed by atoms with Crippen LogP contribution in [0, 0.1) is 5.92 Å². The van der Waals surface area contributed by atoms with Gasteiger partial charge in [-0.05, 0) is 61.9 Å². The Morgan fingerprint density at radius 2 is 2.00 bits per heavy atom.